The Kier molecular flexibility index (Phi) is 8.37. The lowest BCUT2D eigenvalue weighted by molar-refractivity contribution is 0.127. The molecular weight excluding hydrogens is 454 g/mol. The number of urea groups is 1. The zero-order valence-corrected chi connectivity index (χ0v) is 22.0. The van der Waals surface area contributed by atoms with Gasteiger partial charge in [-0.25, -0.2) is 4.79 Å². The second-order valence-electron chi connectivity index (χ2n) is 10.6. The van der Waals surface area contributed by atoms with Gasteiger partial charge in [0.15, 0.2) is 0 Å². The summed E-state index contributed by atoms with van der Waals surface area (Å²) in [5.74, 6) is 0. The van der Waals surface area contributed by atoms with Gasteiger partial charge in [0.2, 0.25) is 0 Å². The van der Waals surface area contributed by atoms with Gasteiger partial charge in [-0.2, -0.15) is 0 Å². The van der Waals surface area contributed by atoms with Crippen molar-refractivity contribution in [1.82, 2.24) is 9.80 Å². The Hall–Kier alpha value is -3.37. The molecular formula is C33H39N3O. The maximum absolute atomic E-state index is 13.6. The fraction of sp³-hybridized carbons (Fsp3) is 0.364. The lowest BCUT2D eigenvalue weighted by atomic mass is 9.97. The minimum Gasteiger partial charge on any atom is -0.317 e. The van der Waals surface area contributed by atoms with E-state index in [1.807, 2.05) is 30.3 Å². The Morgan fingerprint density at radius 1 is 0.892 bits per heavy atom. The summed E-state index contributed by atoms with van der Waals surface area (Å²) in [5, 5.41) is 3.17. The molecule has 0 atom stereocenters. The number of aryl methyl sites for hydroxylation is 1. The number of piperidine rings is 1. The molecule has 3 aromatic rings. The van der Waals surface area contributed by atoms with Crippen LogP contribution in [0.25, 0.3) is 11.1 Å². The summed E-state index contributed by atoms with van der Waals surface area (Å²) in [6.07, 6.45) is 9.64. The maximum atomic E-state index is 13.6. The minimum atomic E-state index is -0.00979. The topological polar surface area (TPSA) is 35.6 Å². The first-order valence-electron chi connectivity index (χ1n) is 13.8. The van der Waals surface area contributed by atoms with E-state index in [4.69, 9.17) is 0 Å². The van der Waals surface area contributed by atoms with Crippen LogP contribution in [0.3, 0.4) is 0 Å². The first-order chi connectivity index (χ1) is 18.1. The quantitative estimate of drug-likeness (QED) is 0.343. The number of hydrogen-bond acceptors (Lipinski definition) is 2. The summed E-state index contributed by atoms with van der Waals surface area (Å²) in [7, 11) is 0. The number of carbonyl (C=O) groups excluding carboxylic acids is 1. The molecule has 0 saturated carbocycles. The number of rotatable bonds is 7. The summed E-state index contributed by atoms with van der Waals surface area (Å²) in [4.78, 5) is 18.2. The van der Waals surface area contributed by atoms with Crippen LogP contribution in [-0.2, 0) is 6.54 Å². The van der Waals surface area contributed by atoms with Crippen molar-refractivity contribution in [3.05, 3.63) is 102 Å². The number of amides is 2. The third-order valence-electron chi connectivity index (χ3n) is 7.79. The summed E-state index contributed by atoms with van der Waals surface area (Å²) < 4.78 is 0. The van der Waals surface area contributed by atoms with Crippen molar-refractivity contribution in [2.75, 3.05) is 25.0 Å². The molecule has 0 bridgehead atoms. The summed E-state index contributed by atoms with van der Waals surface area (Å²) in [5.41, 5.74) is 7.22. The van der Waals surface area contributed by atoms with Crippen LogP contribution in [0.2, 0.25) is 0 Å². The van der Waals surface area contributed by atoms with Gasteiger partial charge in [-0.05, 0) is 74.3 Å². The molecule has 0 radical (unpaired) electrons. The molecule has 0 spiro atoms. The highest BCUT2D eigenvalue weighted by Gasteiger charge is 2.28. The highest BCUT2D eigenvalue weighted by atomic mass is 16.2. The molecule has 2 amide bonds. The smallest absolute Gasteiger partial charge is 0.317 e. The molecule has 1 fully saturated rings. The number of nitrogens with one attached hydrogen (secondary N) is 1. The molecule has 0 unspecified atom stereocenters. The van der Waals surface area contributed by atoms with Crippen LogP contribution in [0.5, 0.6) is 0 Å². The fourth-order valence-corrected chi connectivity index (χ4v) is 5.55. The lowest BCUT2D eigenvalue weighted by Crippen LogP contribution is -2.48. The Morgan fingerprint density at radius 2 is 1.59 bits per heavy atom. The van der Waals surface area contributed by atoms with Gasteiger partial charge < -0.3 is 10.2 Å². The molecule has 192 valence electrons. The van der Waals surface area contributed by atoms with Gasteiger partial charge in [-0.1, -0.05) is 83.9 Å². The van der Waals surface area contributed by atoms with Crippen LogP contribution < -0.4 is 5.32 Å². The van der Waals surface area contributed by atoms with Crippen molar-refractivity contribution in [3.8, 4) is 11.1 Å². The van der Waals surface area contributed by atoms with Gasteiger partial charge >= 0.3 is 6.03 Å². The van der Waals surface area contributed by atoms with Crippen LogP contribution in [-0.4, -0.2) is 41.5 Å². The number of allylic oxidation sites excluding steroid dienone is 1. The van der Waals surface area contributed by atoms with E-state index in [-0.39, 0.29) is 12.1 Å². The van der Waals surface area contributed by atoms with Gasteiger partial charge in [-0.15, -0.1) is 0 Å². The van der Waals surface area contributed by atoms with Gasteiger partial charge in [-0.3, -0.25) is 4.90 Å². The number of nitrogens with zero attached hydrogens (tertiary/aromatic N) is 2. The SMILES string of the molecule is Cc1ccc(NC(=O)N(Cc2ccc(-c3ccccc3)cc2)C2CCN(CC3=CCCCC3)CC2)cc1. The second kappa shape index (κ2) is 12.2. The normalized spacial score (nSPS) is 16.7. The van der Waals surface area contributed by atoms with E-state index in [0.717, 1.165) is 43.7 Å². The lowest BCUT2D eigenvalue weighted by Gasteiger charge is -2.39. The number of hydrogen-bond donors (Lipinski definition) is 1. The van der Waals surface area contributed by atoms with Crippen molar-refractivity contribution in [2.45, 2.75) is 58.0 Å². The van der Waals surface area contributed by atoms with Crippen molar-refractivity contribution < 1.29 is 4.79 Å². The van der Waals surface area contributed by atoms with Gasteiger partial charge in [0.25, 0.3) is 0 Å². The zero-order chi connectivity index (χ0) is 25.5. The predicted molar refractivity (Wildman–Crippen MR) is 154 cm³/mol. The van der Waals surface area contributed by atoms with E-state index in [0.29, 0.717) is 6.54 Å². The Bertz CT molecular complexity index is 1180. The van der Waals surface area contributed by atoms with Crippen LogP contribution >= 0.6 is 0 Å². The van der Waals surface area contributed by atoms with E-state index in [2.05, 4.69) is 76.6 Å². The molecule has 4 heteroatoms. The predicted octanol–water partition coefficient (Wildman–Crippen LogP) is 7.66. The van der Waals surface area contributed by atoms with E-state index in [9.17, 15) is 4.79 Å². The van der Waals surface area contributed by atoms with E-state index in [1.165, 1.54) is 42.4 Å². The average Bonchev–Trinajstić information content (AvgIpc) is 2.95. The average molecular weight is 494 g/mol. The van der Waals surface area contributed by atoms with Crippen molar-refractivity contribution in [3.63, 3.8) is 0 Å². The van der Waals surface area contributed by atoms with Gasteiger partial charge in [0, 0.05) is 37.9 Å². The largest absolute Gasteiger partial charge is 0.322 e. The second-order valence-corrected chi connectivity index (χ2v) is 10.6. The molecule has 1 saturated heterocycles. The van der Waals surface area contributed by atoms with Crippen molar-refractivity contribution >= 4 is 11.7 Å². The van der Waals surface area contributed by atoms with Crippen LogP contribution in [0.1, 0.15) is 49.7 Å². The van der Waals surface area contributed by atoms with Crippen molar-refractivity contribution in [2.24, 2.45) is 0 Å². The maximum Gasteiger partial charge on any atom is 0.322 e. The number of carbonyl (C=O) groups is 1. The van der Waals surface area contributed by atoms with E-state index in [1.54, 1.807) is 5.57 Å². The van der Waals surface area contributed by atoms with Crippen molar-refractivity contribution in [1.29, 1.82) is 0 Å². The van der Waals surface area contributed by atoms with Crippen LogP contribution in [0.15, 0.2) is 90.5 Å². The summed E-state index contributed by atoms with van der Waals surface area (Å²) in [6, 6.07) is 27.4. The van der Waals surface area contributed by atoms with Crippen LogP contribution in [0, 0.1) is 6.92 Å². The summed E-state index contributed by atoms with van der Waals surface area (Å²) >= 11 is 0. The van der Waals surface area contributed by atoms with Crippen LogP contribution in [0.4, 0.5) is 10.5 Å². The minimum absolute atomic E-state index is 0.00979. The molecule has 5 rings (SSSR count). The molecule has 37 heavy (non-hydrogen) atoms. The number of anilines is 1. The fourth-order valence-electron chi connectivity index (χ4n) is 5.55. The third-order valence-corrected chi connectivity index (χ3v) is 7.79. The molecule has 3 aromatic carbocycles. The monoisotopic (exact) mass is 493 g/mol. The molecule has 1 aliphatic heterocycles. The number of likely N-dealkylation sites (tertiary alicyclic amines) is 1. The highest BCUT2D eigenvalue weighted by molar-refractivity contribution is 5.89. The Balaban J connectivity index is 1.28. The number of benzene rings is 3. The zero-order valence-electron chi connectivity index (χ0n) is 22.0. The molecule has 1 aliphatic carbocycles. The van der Waals surface area contributed by atoms with E-state index < -0.39 is 0 Å². The highest BCUT2D eigenvalue weighted by Crippen LogP contribution is 2.25. The molecule has 1 N–H and O–H groups in total. The first-order valence-corrected chi connectivity index (χ1v) is 13.8. The van der Waals surface area contributed by atoms with Gasteiger partial charge in [0.05, 0.1) is 0 Å². The standard InChI is InChI=1S/C33H39N3O/c1-26-12-18-31(19-13-26)34-33(37)36(25-28-14-16-30(17-15-28)29-10-6-3-7-11-29)32-20-22-35(23-21-32)24-27-8-4-2-5-9-27/h3,6-8,10-19,32H,2,4-5,9,20-25H2,1H3,(H,34,37). The van der Waals surface area contributed by atoms with Gasteiger partial charge in [0.1, 0.15) is 0 Å². The first kappa shape index (κ1) is 25.3. The third kappa shape index (κ3) is 6.90. The molecule has 2 aliphatic rings. The Morgan fingerprint density at radius 3 is 2.27 bits per heavy atom. The van der Waals surface area contributed by atoms with E-state index >= 15 is 0 Å². The molecule has 1 heterocycles. The summed E-state index contributed by atoms with van der Waals surface area (Å²) in [6.45, 7) is 5.87. The molecule has 4 nitrogen and oxygen atoms in total. The molecule has 0 aromatic heterocycles. The Labute approximate surface area is 222 Å².